The van der Waals surface area contributed by atoms with Crippen molar-refractivity contribution in [2.45, 2.75) is 33.2 Å². The van der Waals surface area contributed by atoms with Crippen molar-refractivity contribution in [3.8, 4) is 5.75 Å². The maximum atomic E-state index is 11.7. The first kappa shape index (κ1) is 14.5. The Kier molecular flexibility index (Phi) is 5.65. The van der Waals surface area contributed by atoms with Crippen molar-refractivity contribution in [1.29, 1.82) is 0 Å². The quantitative estimate of drug-likeness (QED) is 0.814. The van der Waals surface area contributed by atoms with Gasteiger partial charge in [0.05, 0.1) is 12.8 Å². The summed E-state index contributed by atoms with van der Waals surface area (Å²) in [6, 6.07) is 6.11. The molecule has 0 aliphatic carbocycles. The highest BCUT2D eigenvalue weighted by Crippen LogP contribution is 2.25. The lowest BCUT2D eigenvalue weighted by Gasteiger charge is -2.12. The molecule has 0 aliphatic heterocycles. The summed E-state index contributed by atoms with van der Waals surface area (Å²) in [7, 11) is 1.60. The summed E-state index contributed by atoms with van der Waals surface area (Å²) < 4.78 is 5.24. The lowest BCUT2D eigenvalue weighted by Crippen LogP contribution is -2.27. The third-order valence-corrected chi connectivity index (χ3v) is 2.54. The van der Waals surface area contributed by atoms with E-state index in [1.807, 2.05) is 25.1 Å². The maximum absolute atomic E-state index is 11.7. The molecular formula is C14H22N2O2. The highest BCUT2D eigenvalue weighted by Gasteiger charge is 2.07. The van der Waals surface area contributed by atoms with Gasteiger partial charge in [0.1, 0.15) is 5.75 Å². The molecule has 0 fully saturated rings. The van der Waals surface area contributed by atoms with Gasteiger partial charge in [0, 0.05) is 19.0 Å². The molecule has 1 aromatic carbocycles. The molecule has 0 unspecified atom stereocenters. The Bertz CT molecular complexity index is 403. The number of carbonyl (C=O) groups excluding carboxylic acids is 1. The monoisotopic (exact) mass is 250 g/mol. The van der Waals surface area contributed by atoms with E-state index in [9.17, 15) is 4.79 Å². The van der Waals surface area contributed by atoms with Crippen LogP contribution in [-0.2, 0) is 4.79 Å². The van der Waals surface area contributed by atoms with Crippen molar-refractivity contribution in [1.82, 2.24) is 5.32 Å². The molecule has 0 saturated carbocycles. The van der Waals surface area contributed by atoms with E-state index in [-0.39, 0.29) is 5.91 Å². The van der Waals surface area contributed by atoms with E-state index >= 15 is 0 Å². The first-order chi connectivity index (χ1) is 8.52. The van der Waals surface area contributed by atoms with Crippen LogP contribution in [0.2, 0.25) is 0 Å². The molecule has 4 nitrogen and oxygen atoms in total. The summed E-state index contributed by atoms with van der Waals surface area (Å²) in [6.45, 7) is 6.78. The van der Waals surface area contributed by atoms with Crippen molar-refractivity contribution in [2.75, 3.05) is 19.0 Å². The van der Waals surface area contributed by atoms with Gasteiger partial charge < -0.3 is 15.4 Å². The van der Waals surface area contributed by atoms with Crippen LogP contribution in [-0.4, -0.2) is 25.6 Å². The van der Waals surface area contributed by atoms with Crippen molar-refractivity contribution in [3.05, 3.63) is 23.8 Å². The number of hydrogen-bond donors (Lipinski definition) is 2. The van der Waals surface area contributed by atoms with Gasteiger partial charge in [-0.3, -0.25) is 4.79 Å². The highest BCUT2D eigenvalue weighted by molar-refractivity contribution is 5.92. The number of anilines is 1. The zero-order valence-corrected chi connectivity index (χ0v) is 11.5. The fourth-order valence-electron chi connectivity index (χ4n) is 1.59. The van der Waals surface area contributed by atoms with Gasteiger partial charge in [-0.05, 0) is 24.6 Å². The molecule has 0 atom stereocenters. The first-order valence-corrected chi connectivity index (χ1v) is 6.21. The summed E-state index contributed by atoms with van der Waals surface area (Å²) in [6.07, 6.45) is 0.454. The molecule has 0 aromatic heterocycles. The second-order valence-corrected chi connectivity index (χ2v) is 4.61. The molecule has 100 valence electrons. The molecule has 1 amide bonds. The van der Waals surface area contributed by atoms with E-state index in [0.717, 1.165) is 11.3 Å². The molecule has 0 radical (unpaired) electrons. The molecular weight excluding hydrogens is 228 g/mol. The van der Waals surface area contributed by atoms with E-state index < -0.39 is 0 Å². The number of rotatable bonds is 6. The van der Waals surface area contributed by atoms with Crippen LogP contribution in [0.25, 0.3) is 0 Å². The third kappa shape index (κ3) is 4.75. The fraction of sp³-hybridized carbons (Fsp3) is 0.500. The van der Waals surface area contributed by atoms with Crippen molar-refractivity contribution in [3.63, 3.8) is 0 Å². The van der Waals surface area contributed by atoms with Gasteiger partial charge in [-0.2, -0.15) is 0 Å². The van der Waals surface area contributed by atoms with Gasteiger partial charge in [-0.25, -0.2) is 0 Å². The SMILES string of the molecule is COc1cc(C)ccc1NC(=O)CCNC(C)C. The number of aryl methyl sites for hydroxylation is 1. The van der Waals surface area contributed by atoms with Gasteiger partial charge in [0.25, 0.3) is 0 Å². The van der Waals surface area contributed by atoms with Gasteiger partial charge in [-0.1, -0.05) is 19.9 Å². The van der Waals surface area contributed by atoms with Crippen molar-refractivity contribution in [2.24, 2.45) is 0 Å². The van der Waals surface area contributed by atoms with Crippen LogP contribution in [0, 0.1) is 6.92 Å². The number of methoxy groups -OCH3 is 1. The Labute approximate surface area is 109 Å². The summed E-state index contributed by atoms with van der Waals surface area (Å²) in [5.41, 5.74) is 1.82. The molecule has 4 heteroatoms. The molecule has 1 rings (SSSR count). The molecule has 0 heterocycles. The average molecular weight is 250 g/mol. The zero-order valence-electron chi connectivity index (χ0n) is 11.5. The molecule has 0 bridgehead atoms. The smallest absolute Gasteiger partial charge is 0.225 e. The topological polar surface area (TPSA) is 50.4 Å². The van der Waals surface area contributed by atoms with E-state index in [2.05, 4.69) is 24.5 Å². The minimum atomic E-state index is -0.00898. The summed E-state index contributed by atoms with van der Waals surface area (Å²) >= 11 is 0. The van der Waals surface area contributed by atoms with Crippen LogP contribution in [0.15, 0.2) is 18.2 Å². The number of nitrogens with one attached hydrogen (secondary N) is 2. The normalized spacial score (nSPS) is 10.5. The van der Waals surface area contributed by atoms with Crippen molar-refractivity contribution < 1.29 is 9.53 Å². The standard InChI is InChI=1S/C14H22N2O2/c1-10(2)15-8-7-14(17)16-12-6-5-11(3)9-13(12)18-4/h5-6,9-10,15H,7-8H2,1-4H3,(H,16,17). The molecule has 0 saturated heterocycles. The molecule has 2 N–H and O–H groups in total. The van der Waals surface area contributed by atoms with Crippen LogP contribution in [0.4, 0.5) is 5.69 Å². The second kappa shape index (κ2) is 7.01. The Morgan fingerprint density at radius 2 is 2.11 bits per heavy atom. The van der Waals surface area contributed by atoms with Gasteiger partial charge in [-0.15, -0.1) is 0 Å². The zero-order chi connectivity index (χ0) is 13.5. The largest absolute Gasteiger partial charge is 0.495 e. The Hall–Kier alpha value is -1.55. The van der Waals surface area contributed by atoms with Gasteiger partial charge in [0.15, 0.2) is 0 Å². The Morgan fingerprint density at radius 1 is 1.39 bits per heavy atom. The number of carbonyl (C=O) groups is 1. The molecule has 0 spiro atoms. The number of amides is 1. The van der Waals surface area contributed by atoms with Gasteiger partial charge in [0.2, 0.25) is 5.91 Å². The van der Waals surface area contributed by atoms with E-state index in [1.165, 1.54) is 0 Å². The van der Waals surface area contributed by atoms with Crippen LogP contribution in [0.3, 0.4) is 0 Å². The summed E-state index contributed by atoms with van der Waals surface area (Å²) in [5.74, 6) is 0.686. The van der Waals surface area contributed by atoms with E-state index in [4.69, 9.17) is 4.74 Å². The third-order valence-electron chi connectivity index (χ3n) is 2.54. The highest BCUT2D eigenvalue weighted by atomic mass is 16.5. The van der Waals surface area contributed by atoms with E-state index in [0.29, 0.717) is 24.8 Å². The Balaban J connectivity index is 2.53. The maximum Gasteiger partial charge on any atom is 0.225 e. The van der Waals surface area contributed by atoms with Gasteiger partial charge >= 0.3 is 0 Å². The first-order valence-electron chi connectivity index (χ1n) is 6.21. The average Bonchev–Trinajstić information content (AvgIpc) is 2.31. The van der Waals surface area contributed by atoms with Crippen LogP contribution >= 0.6 is 0 Å². The summed E-state index contributed by atoms with van der Waals surface area (Å²) in [5, 5.41) is 6.07. The molecule has 1 aromatic rings. The predicted molar refractivity (Wildman–Crippen MR) is 74.1 cm³/mol. The minimum absolute atomic E-state index is 0.00898. The molecule has 18 heavy (non-hydrogen) atoms. The van der Waals surface area contributed by atoms with Crippen LogP contribution in [0.5, 0.6) is 5.75 Å². The van der Waals surface area contributed by atoms with Crippen molar-refractivity contribution >= 4 is 11.6 Å². The minimum Gasteiger partial charge on any atom is -0.495 e. The number of hydrogen-bond acceptors (Lipinski definition) is 3. The molecule has 0 aliphatic rings. The lowest BCUT2D eigenvalue weighted by atomic mass is 10.2. The van der Waals surface area contributed by atoms with E-state index in [1.54, 1.807) is 7.11 Å². The second-order valence-electron chi connectivity index (χ2n) is 4.61. The number of benzene rings is 1. The fourth-order valence-corrected chi connectivity index (χ4v) is 1.59. The number of ether oxygens (including phenoxy) is 1. The lowest BCUT2D eigenvalue weighted by molar-refractivity contribution is -0.116. The van der Waals surface area contributed by atoms with Crippen LogP contribution in [0.1, 0.15) is 25.8 Å². The Morgan fingerprint density at radius 3 is 2.72 bits per heavy atom. The van der Waals surface area contributed by atoms with Crippen LogP contribution < -0.4 is 15.4 Å². The summed E-state index contributed by atoms with van der Waals surface area (Å²) in [4.78, 5) is 11.7. The predicted octanol–water partition coefficient (Wildman–Crippen LogP) is 2.33.